The summed E-state index contributed by atoms with van der Waals surface area (Å²) in [5, 5.41) is 11.4. The molecule has 4 nitrogen and oxygen atoms in total. The van der Waals surface area contributed by atoms with Crippen molar-refractivity contribution in [1.82, 2.24) is 4.90 Å². The topological polar surface area (TPSA) is 56.3 Å². The maximum atomic E-state index is 9.28. The van der Waals surface area contributed by atoms with Gasteiger partial charge < -0.3 is 15.5 Å². The van der Waals surface area contributed by atoms with Gasteiger partial charge in [-0.15, -0.1) is 0 Å². The molecule has 1 saturated heterocycles. The van der Waals surface area contributed by atoms with Crippen LogP contribution in [0.1, 0.15) is 5.56 Å². The average molecular weight is 280 g/mol. The molecule has 0 aromatic heterocycles. The SMILES string of the molecule is CN1CCN(c2ccc(C#N)c3ccccc23)C(CN)C1. The molecule has 0 saturated carbocycles. The highest BCUT2D eigenvalue weighted by molar-refractivity contribution is 5.98. The molecular formula is C17H20N4. The Kier molecular flexibility index (Phi) is 3.78. The van der Waals surface area contributed by atoms with Gasteiger partial charge in [-0.3, -0.25) is 0 Å². The zero-order valence-electron chi connectivity index (χ0n) is 12.3. The maximum Gasteiger partial charge on any atom is 0.0998 e. The van der Waals surface area contributed by atoms with Crippen LogP contribution in [-0.2, 0) is 0 Å². The van der Waals surface area contributed by atoms with Crippen molar-refractivity contribution < 1.29 is 0 Å². The molecule has 4 heteroatoms. The highest BCUT2D eigenvalue weighted by Crippen LogP contribution is 2.31. The second kappa shape index (κ2) is 5.72. The van der Waals surface area contributed by atoms with E-state index in [1.807, 2.05) is 24.3 Å². The summed E-state index contributed by atoms with van der Waals surface area (Å²) in [6.07, 6.45) is 0. The summed E-state index contributed by atoms with van der Waals surface area (Å²) in [5.74, 6) is 0. The van der Waals surface area contributed by atoms with Gasteiger partial charge >= 0.3 is 0 Å². The third-order valence-corrected chi connectivity index (χ3v) is 4.29. The maximum absolute atomic E-state index is 9.28. The Balaban J connectivity index is 2.10. The first-order chi connectivity index (χ1) is 10.2. The molecule has 1 unspecified atom stereocenters. The number of fused-ring (bicyclic) bond motifs is 1. The second-order valence-electron chi connectivity index (χ2n) is 5.63. The monoisotopic (exact) mass is 280 g/mol. The van der Waals surface area contributed by atoms with Crippen LogP contribution in [0.2, 0.25) is 0 Å². The summed E-state index contributed by atoms with van der Waals surface area (Å²) in [6, 6.07) is 14.7. The van der Waals surface area contributed by atoms with Gasteiger partial charge in [0.25, 0.3) is 0 Å². The first kappa shape index (κ1) is 13.9. The molecular weight excluding hydrogens is 260 g/mol. The van der Waals surface area contributed by atoms with E-state index < -0.39 is 0 Å². The lowest BCUT2D eigenvalue weighted by molar-refractivity contribution is 0.270. The predicted molar refractivity (Wildman–Crippen MR) is 86.3 cm³/mol. The largest absolute Gasteiger partial charge is 0.364 e. The van der Waals surface area contributed by atoms with Crippen LogP contribution in [0.25, 0.3) is 10.8 Å². The van der Waals surface area contributed by atoms with Crippen LogP contribution in [0.5, 0.6) is 0 Å². The lowest BCUT2D eigenvalue weighted by Gasteiger charge is -2.41. The fourth-order valence-corrected chi connectivity index (χ4v) is 3.16. The van der Waals surface area contributed by atoms with Crippen molar-refractivity contribution in [3.8, 4) is 6.07 Å². The molecule has 108 valence electrons. The molecule has 0 spiro atoms. The van der Waals surface area contributed by atoms with E-state index in [0.717, 1.165) is 36.0 Å². The van der Waals surface area contributed by atoms with E-state index in [0.29, 0.717) is 12.6 Å². The van der Waals surface area contributed by atoms with E-state index in [-0.39, 0.29) is 0 Å². The lowest BCUT2D eigenvalue weighted by Crippen LogP contribution is -2.55. The number of nitriles is 1. The zero-order valence-corrected chi connectivity index (χ0v) is 12.3. The number of hydrogen-bond donors (Lipinski definition) is 1. The molecule has 0 bridgehead atoms. The average Bonchev–Trinajstić information content (AvgIpc) is 2.54. The van der Waals surface area contributed by atoms with Gasteiger partial charge in [-0.2, -0.15) is 5.26 Å². The fraction of sp³-hybridized carbons (Fsp3) is 0.353. The summed E-state index contributed by atoms with van der Waals surface area (Å²) >= 11 is 0. The predicted octanol–water partition coefficient (Wildman–Crippen LogP) is 1.79. The van der Waals surface area contributed by atoms with Crippen LogP contribution in [0.15, 0.2) is 36.4 Å². The van der Waals surface area contributed by atoms with Crippen molar-refractivity contribution in [3.63, 3.8) is 0 Å². The minimum absolute atomic E-state index is 0.320. The minimum Gasteiger partial charge on any atom is -0.364 e. The molecule has 2 aromatic carbocycles. The van der Waals surface area contributed by atoms with Crippen molar-refractivity contribution in [2.75, 3.05) is 38.1 Å². The summed E-state index contributed by atoms with van der Waals surface area (Å²) in [5.41, 5.74) is 7.89. The van der Waals surface area contributed by atoms with Crippen molar-refractivity contribution in [1.29, 1.82) is 5.26 Å². The van der Waals surface area contributed by atoms with Crippen molar-refractivity contribution in [3.05, 3.63) is 42.0 Å². The fourth-order valence-electron chi connectivity index (χ4n) is 3.16. The van der Waals surface area contributed by atoms with Crippen LogP contribution in [0.3, 0.4) is 0 Å². The zero-order chi connectivity index (χ0) is 14.8. The molecule has 0 radical (unpaired) electrons. The third kappa shape index (κ3) is 2.46. The first-order valence-electron chi connectivity index (χ1n) is 7.31. The van der Waals surface area contributed by atoms with E-state index in [9.17, 15) is 5.26 Å². The molecule has 1 aliphatic heterocycles. The summed E-state index contributed by atoms with van der Waals surface area (Å²) in [7, 11) is 2.14. The van der Waals surface area contributed by atoms with Crippen molar-refractivity contribution in [2.24, 2.45) is 5.73 Å². The molecule has 21 heavy (non-hydrogen) atoms. The van der Waals surface area contributed by atoms with Crippen LogP contribution in [0.4, 0.5) is 5.69 Å². The number of nitrogens with two attached hydrogens (primary N) is 1. The summed E-state index contributed by atoms with van der Waals surface area (Å²) < 4.78 is 0. The van der Waals surface area contributed by atoms with Gasteiger partial charge in [-0.1, -0.05) is 24.3 Å². The Labute approximate surface area is 125 Å². The van der Waals surface area contributed by atoms with E-state index in [1.165, 1.54) is 5.69 Å². The third-order valence-electron chi connectivity index (χ3n) is 4.29. The number of piperazine rings is 1. The number of likely N-dealkylation sites (N-methyl/N-ethyl adjacent to an activating group) is 1. The van der Waals surface area contributed by atoms with Crippen LogP contribution in [0, 0.1) is 11.3 Å². The summed E-state index contributed by atoms with van der Waals surface area (Å²) in [4.78, 5) is 4.71. The lowest BCUT2D eigenvalue weighted by atomic mass is 10.0. The summed E-state index contributed by atoms with van der Waals surface area (Å²) in [6.45, 7) is 3.61. The van der Waals surface area contributed by atoms with E-state index in [4.69, 9.17) is 5.73 Å². The molecule has 0 aliphatic carbocycles. The Morgan fingerprint density at radius 2 is 1.95 bits per heavy atom. The van der Waals surface area contributed by atoms with Crippen LogP contribution < -0.4 is 10.6 Å². The van der Waals surface area contributed by atoms with Crippen molar-refractivity contribution in [2.45, 2.75) is 6.04 Å². The quantitative estimate of drug-likeness (QED) is 0.911. The normalized spacial score (nSPS) is 19.7. The molecule has 1 aliphatic rings. The first-order valence-corrected chi connectivity index (χ1v) is 7.31. The van der Waals surface area contributed by atoms with Gasteiger partial charge in [-0.25, -0.2) is 0 Å². The number of benzene rings is 2. The number of rotatable bonds is 2. The molecule has 2 aromatic rings. The van der Waals surface area contributed by atoms with Gasteiger partial charge in [0, 0.05) is 42.6 Å². The Bertz CT molecular complexity index is 689. The van der Waals surface area contributed by atoms with E-state index in [1.54, 1.807) is 0 Å². The van der Waals surface area contributed by atoms with Crippen LogP contribution in [-0.4, -0.2) is 44.2 Å². The Hall–Kier alpha value is -2.09. The van der Waals surface area contributed by atoms with Crippen LogP contribution >= 0.6 is 0 Å². The Morgan fingerprint density at radius 3 is 2.67 bits per heavy atom. The van der Waals surface area contributed by atoms with Gasteiger partial charge in [0.15, 0.2) is 0 Å². The van der Waals surface area contributed by atoms with Gasteiger partial charge in [0.05, 0.1) is 17.7 Å². The van der Waals surface area contributed by atoms with Crippen molar-refractivity contribution >= 4 is 16.5 Å². The van der Waals surface area contributed by atoms with Gasteiger partial charge in [-0.05, 0) is 19.2 Å². The smallest absolute Gasteiger partial charge is 0.0998 e. The van der Waals surface area contributed by atoms with E-state index in [2.05, 4.69) is 35.0 Å². The van der Waals surface area contributed by atoms with Gasteiger partial charge in [0.2, 0.25) is 0 Å². The number of hydrogen-bond acceptors (Lipinski definition) is 4. The molecule has 0 amide bonds. The molecule has 1 heterocycles. The molecule has 1 atom stereocenters. The molecule has 2 N–H and O–H groups in total. The van der Waals surface area contributed by atoms with Gasteiger partial charge in [0.1, 0.15) is 0 Å². The second-order valence-corrected chi connectivity index (χ2v) is 5.63. The molecule has 3 rings (SSSR count). The van der Waals surface area contributed by atoms with E-state index >= 15 is 0 Å². The highest BCUT2D eigenvalue weighted by Gasteiger charge is 2.25. The highest BCUT2D eigenvalue weighted by atomic mass is 15.3. The Morgan fingerprint density at radius 1 is 1.19 bits per heavy atom. The standard InChI is InChI=1S/C17H20N4/c1-20-8-9-21(14(11-19)12-20)17-7-6-13(10-18)15-4-2-3-5-16(15)17/h2-7,14H,8-9,11-12,19H2,1H3. The molecule has 1 fully saturated rings. The number of nitrogens with zero attached hydrogens (tertiary/aromatic N) is 3. The minimum atomic E-state index is 0.320. The number of anilines is 1.